The lowest BCUT2D eigenvalue weighted by Gasteiger charge is -2.26. The number of aliphatic imine (C=N–C) groups is 1. The van der Waals surface area contributed by atoms with Gasteiger partial charge in [-0.15, -0.1) is 0 Å². The molecule has 1 aromatic rings. The molecule has 0 aliphatic carbocycles. The number of carboxylic acid groups (broad SMARTS) is 1. The molecule has 0 aliphatic rings. The zero-order valence-electron chi connectivity index (χ0n) is 50.7. The molecule has 0 spiro atoms. The van der Waals surface area contributed by atoms with Gasteiger partial charge in [0, 0.05) is 76.1 Å². The molecule has 1 unspecified atom stereocenters. The molecule has 5 atom stereocenters. The number of hydrogen-bond acceptors (Lipinski definition) is 15. The van der Waals surface area contributed by atoms with Crippen molar-refractivity contribution in [1.29, 1.82) is 0 Å². The number of nitrogens with zero attached hydrogens (tertiary/aromatic N) is 1. The molecule has 5 amide bonds. The van der Waals surface area contributed by atoms with Crippen LogP contribution in [0.2, 0.25) is 0 Å². The predicted octanol–water partition coefficient (Wildman–Crippen LogP) is 5.41. The van der Waals surface area contributed by atoms with Crippen molar-refractivity contribution < 1.29 is 72.3 Å². The number of ether oxygens (including phenoxy) is 4. The summed E-state index contributed by atoms with van der Waals surface area (Å²) in [5, 5.41) is 30.0. The van der Waals surface area contributed by atoms with Crippen LogP contribution in [0.15, 0.2) is 29.3 Å². The van der Waals surface area contributed by atoms with Crippen LogP contribution in [0.25, 0.3) is 0 Å². The van der Waals surface area contributed by atoms with E-state index < -0.39 is 41.7 Å². The number of ketones is 3. The standard InChI is InChI=1S/C61H104N8O15/c1-45(57(76)47(3)51(25-20-34-67-61(63)64)59(78)69-53(58(62)77)42-48-27-29-50(72)30-28-48)22-18-19-33-65-55(74)43-84-41-39-82-37-35-66-56(75)44-83-40-38-81-36-21-24-49(71)31-32-52(60(79)80)68-54(73)26-17-15-13-11-9-7-5-4-6-8-10-12-14-16-23-46(2)70/h27-30,45,47,51-53,72H,4-26,31-44H2,1-3H3,(H2,62,77)(H,65,74)(H,66,75)(H,68,73)(H,69,78)(H,79,80)(H4,63,64,67)/t45-,47?,51+,52-,53-/m0/s1. The Balaban J connectivity index is 2.10. The molecule has 23 nitrogen and oxygen atoms in total. The van der Waals surface area contributed by atoms with Gasteiger partial charge in [-0.1, -0.05) is 109 Å². The smallest absolute Gasteiger partial charge is 0.326 e. The quantitative estimate of drug-likeness (QED) is 0.0223. The van der Waals surface area contributed by atoms with Gasteiger partial charge < -0.3 is 72.4 Å². The Bertz CT molecular complexity index is 2070. The lowest BCUT2D eigenvalue weighted by atomic mass is 9.80. The summed E-state index contributed by atoms with van der Waals surface area (Å²) in [7, 11) is 0. The van der Waals surface area contributed by atoms with Gasteiger partial charge in [-0.05, 0) is 76.0 Å². The van der Waals surface area contributed by atoms with Crippen LogP contribution in [-0.2, 0) is 68.5 Å². The highest BCUT2D eigenvalue weighted by Gasteiger charge is 2.34. The van der Waals surface area contributed by atoms with E-state index in [1.807, 2.05) is 0 Å². The average Bonchev–Trinajstić information content (AvgIpc) is 3.55. The molecule has 23 heteroatoms. The fourth-order valence-corrected chi connectivity index (χ4v) is 9.33. The minimum Gasteiger partial charge on any atom is -0.508 e. The summed E-state index contributed by atoms with van der Waals surface area (Å²) < 4.78 is 21.7. The number of Topliss-reactive ketones (excluding diaryl/α,β-unsaturated/α-hetero) is 3. The molecule has 0 aromatic heterocycles. The van der Waals surface area contributed by atoms with Crippen molar-refractivity contribution in [3.8, 4) is 5.75 Å². The summed E-state index contributed by atoms with van der Waals surface area (Å²) in [4.78, 5) is 115. The first-order valence-electron chi connectivity index (χ1n) is 30.6. The van der Waals surface area contributed by atoms with Crippen molar-refractivity contribution in [1.82, 2.24) is 21.3 Å². The number of phenolic OH excluding ortho intramolecular Hbond substituents is 1. The number of primary amides is 1. The van der Waals surface area contributed by atoms with E-state index in [2.05, 4.69) is 26.3 Å². The van der Waals surface area contributed by atoms with Crippen LogP contribution in [0, 0.1) is 17.8 Å². The highest BCUT2D eigenvalue weighted by Crippen LogP contribution is 2.25. The molecule has 0 aliphatic heterocycles. The zero-order chi connectivity index (χ0) is 62.2. The lowest BCUT2D eigenvalue weighted by molar-refractivity contribution is -0.142. The second-order valence-corrected chi connectivity index (χ2v) is 21.8. The van der Waals surface area contributed by atoms with E-state index in [9.17, 15) is 53.4 Å². The van der Waals surface area contributed by atoms with Crippen LogP contribution in [0.1, 0.15) is 187 Å². The number of nitrogens with two attached hydrogens (primary N) is 3. The Morgan fingerprint density at radius 2 is 1.07 bits per heavy atom. The molecule has 478 valence electrons. The number of rotatable bonds is 56. The monoisotopic (exact) mass is 1190 g/mol. The Hall–Kier alpha value is -6.04. The second kappa shape index (κ2) is 49.2. The first-order chi connectivity index (χ1) is 40.3. The largest absolute Gasteiger partial charge is 0.508 e. The number of unbranched alkanes of at least 4 members (excludes halogenated alkanes) is 14. The number of nitrogens with one attached hydrogen (secondary N) is 4. The Kier molecular flexibility index (Phi) is 44.5. The highest BCUT2D eigenvalue weighted by molar-refractivity contribution is 5.92. The molecule has 0 saturated heterocycles. The van der Waals surface area contributed by atoms with Crippen LogP contribution in [0.3, 0.4) is 0 Å². The topological polar surface area (TPSA) is 370 Å². The number of hydrogen-bond donors (Lipinski definition) is 9. The van der Waals surface area contributed by atoms with Crippen molar-refractivity contribution in [3.05, 3.63) is 29.8 Å². The van der Waals surface area contributed by atoms with E-state index >= 15 is 0 Å². The second-order valence-electron chi connectivity index (χ2n) is 21.8. The maximum atomic E-state index is 13.6. The number of phenols is 1. The molecule has 1 aromatic carbocycles. The number of guanidine groups is 1. The number of amides is 5. The minimum absolute atomic E-state index is 0.0236. The number of carboxylic acids is 1. The first kappa shape index (κ1) is 76.0. The lowest BCUT2D eigenvalue weighted by Crippen LogP contribution is -2.49. The maximum absolute atomic E-state index is 13.6. The Morgan fingerprint density at radius 3 is 1.62 bits per heavy atom. The van der Waals surface area contributed by atoms with Crippen LogP contribution in [0.4, 0.5) is 0 Å². The van der Waals surface area contributed by atoms with E-state index in [0.717, 1.165) is 32.1 Å². The normalized spacial score (nSPS) is 12.9. The average molecular weight is 1190 g/mol. The van der Waals surface area contributed by atoms with Crippen molar-refractivity contribution >= 4 is 58.8 Å². The summed E-state index contributed by atoms with van der Waals surface area (Å²) in [6.07, 6.45) is 20.1. The van der Waals surface area contributed by atoms with E-state index in [1.54, 1.807) is 32.9 Å². The van der Waals surface area contributed by atoms with E-state index in [-0.39, 0.29) is 157 Å². The molecular weight excluding hydrogens is 1080 g/mol. The van der Waals surface area contributed by atoms with Crippen molar-refractivity contribution in [2.24, 2.45) is 39.9 Å². The summed E-state index contributed by atoms with van der Waals surface area (Å²) in [6.45, 7) is 6.91. The highest BCUT2D eigenvalue weighted by atomic mass is 16.5. The molecule has 0 bridgehead atoms. The summed E-state index contributed by atoms with van der Waals surface area (Å²) in [5.41, 5.74) is 17.2. The van der Waals surface area contributed by atoms with Gasteiger partial charge in [0.25, 0.3) is 0 Å². The molecule has 0 fully saturated rings. The fraction of sp³-hybridized carbons (Fsp3) is 0.738. The van der Waals surface area contributed by atoms with E-state index in [0.29, 0.717) is 57.1 Å². The zero-order valence-corrected chi connectivity index (χ0v) is 50.7. The number of carbonyl (C=O) groups excluding carboxylic acids is 8. The van der Waals surface area contributed by atoms with Crippen molar-refractivity contribution in [3.63, 3.8) is 0 Å². The van der Waals surface area contributed by atoms with Gasteiger partial charge in [-0.3, -0.25) is 38.6 Å². The molecule has 12 N–H and O–H groups in total. The van der Waals surface area contributed by atoms with Gasteiger partial charge in [0.15, 0.2) is 5.96 Å². The van der Waals surface area contributed by atoms with E-state index in [1.165, 1.54) is 63.5 Å². The van der Waals surface area contributed by atoms with Gasteiger partial charge in [0.05, 0.1) is 33.0 Å². The first-order valence-corrected chi connectivity index (χ1v) is 30.6. The summed E-state index contributed by atoms with van der Waals surface area (Å²) in [6, 6.07) is 4.03. The molecule has 1 rings (SSSR count). The SMILES string of the molecule is CC(=O)CCCCCCCCCCCCCCCCC(=O)N[C@@H](CCC(=O)CCCOCCOCC(=O)NCCOCCOCC(=O)NCCCC[C@H](C)C(=O)C(C)[C@@H](CCCN=C(N)N)C(=O)N[C@@H](Cc1ccc(O)cc1)C(N)=O)C(=O)O. The third-order valence-electron chi connectivity index (χ3n) is 14.3. The van der Waals surface area contributed by atoms with Crippen molar-refractivity contribution in [2.75, 3.05) is 72.5 Å². The third-order valence-corrected chi connectivity index (χ3v) is 14.3. The molecule has 0 saturated carbocycles. The van der Waals surface area contributed by atoms with Crippen LogP contribution in [0.5, 0.6) is 5.75 Å². The number of aromatic hydroxyl groups is 1. The molecule has 84 heavy (non-hydrogen) atoms. The Labute approximate surface area is 498 Å². The van der Waals surface area contributed by atoms with Crippen LogP contribution >= 0.6 is 0 Å². The summed E-state index contributed by atoms with van der Waals surface area (Å²) >= 11 is 0. The fourth-order valence-electron chi connectivity index (χ4n) is 9.33. The van der Waals surface area contributed by atoms with Gasteiger partial charge >= 0.3 is 5.97 Å². The number of benzene rings is 1. The number of carbonyl (C=O) groups is 9. The minimum atomic E-state index is -1.16. The predicted molar refractivity (Wildman–Crippen MR) is 320 cm³/mol. The number of aliphatic carboxylic acids is 1. The maximum Gasteiger partial charge on any atom is 0.326 e. The third kappa shape index (κ3) is 41.9. The summed E-state index contributed by atoms with van der Waals surface area (Å²) in [5.74, 6) is -5.20. The molecular formula is C61H104N8O15. The van der Waals surface area contributed by atoms with E-state index in [4.69, 9.17) is 36.1 Å². The van der Waals surface area contributed by atoms with Crippen molar-refractivity contribution in [2.45, 2.75) is 200 Å². The Morgan fingerprint density at radius 1 is 0.536 bits per heavy atom. The van der Waals surface area contributed by atoms with Gasteiger partial charge in [-0.25, -0.2) is 4.79 Å². The molecule has 0 radical (unpaired) electrons. The molecule has 0 heterocycles. The van der Waals surface area contributed by atoms with Gasteiger partial charge in [-0.2, -0.15) is 0 Å². The van der Waals surface area contributed by atoms with Gasteiger partial charge in [0.2, 0.25) is 29.5 Å². The van der Waals surface area contributed by atoms with Crippen LogP contribution < -0.4 is 38.5 Å². The van der Waals surface area contributed by atoms with Crippen LogP contribution in [-0.4, -0.2) is 154 Å². The van der Waals surface area contributed by atoms with Gasteiger partial charge in [0.1, 0.15) is 48.4 Å².